The molecule has 1 amide bonds. The summed E-state index contributed by atoms with van der Waals surface area (Å²) in [6, 6.07) is 0.311. The highest BCUT2D eigenvalue weighted by molar-refractivity contribution is 5.77. The zero-order chi connectivity index (χ0) is 8.97. The van der Waals surface area contributed by atoms with E-state index < -0.39 is 0 Å². The summed E-state index contributed by atoms with van der Waals surface area (Å²) in [7, 11) is 1.76. The Balaban J connectivity index is 2.39. The second-order valence-electron chi connectivity index (χ2n) is 3.14. The molecule has 70 valence electrons. The van der Waals surface area contributed by atoms with Crippen molar-refractivity contribution in [3.8, 4) is 0 Å². The van der Waals surface area contributed by atoms with Crippen LogP contribution in [0.3, 0.4) is 0 Å². The minimum Gasteiger partial charge on any atom is -0.387 e. The van der Waals surface area contributed by atoms with Crippen LogP contribution in [0.2, 0.25) is 0 Å². The average molecular weight is 172 g/mol. The second kappa shape index (κ2) is 4.42. The maximum atomic E-state index is 11.1. The van der Waals surface area contributed by atoms with Gasteiger partial charge in [0.25, 0.3) is 0 Å². The van der Waals surface area contributed by atoms with Crippen LogP contribution >= 0.6 is 0 Å². The van der Waals surface area contributed by atoms with Gasteiger partial charge in [-0.1, -0.05) is 0 Å². The number of hydrogen-bond acceptors (Lipinski definition) is 3. The lowest BCUT2D eigenvalue weighted by atomic mass is 10.1. The fraction of sp³-hybridized carbons (Fsp3) is 0.875. The number of amides is 1. The van der Waals surface area contributed by atoms with E-state index in [-0.39, 0.29) is 12.5 Å². The predicted octanol–water partition coefficient (Wildman–Crippen LogP) is -0.811. The number of nitrogens with zero attached hydrogens (tertiary/aromatic N) is 1. The minimum absolute atomic E-state index is 0.179. The molecule has 1 rings (SSSR count). The van der Waals surface area contributed by atoms with E-state index in [1.54, 1.807) is 11.9 Å². The molecule has 1 heterocycles. The largest absolute Gasteiger partial charge is 0.387 e. The van der Waals surface area contributed by atoms with Crippen LogP contribution in [-0.2, 0) is 4.79 Å². The molecular formula is C8H16N2O2. The molecule has 1 aliphatic heterocycles. The molecule has 0 atom stereocenters. The normalized spacial score (nSPS) is 19.2. The number of piperidine rings is 1. The molecule has 0 aromatic heterocycles. The summed E-state index contributed by atoms with van der Waals surface area (Å²) >= 11 is 0. The Labute approximate surface area is 72.6 Å². The van der Waals surface area contributed by atoms with Crippen molar-refractivity contribution in [1.29, 1.82) is 0 Å². The van der Waals surface area contributed by atoms with Gasteiger partial charge in [-0.15, -0.1) is 0 Å². The molecule has 1 aliphatic rings. The lowest BCUT2D eigenvalue weighted by Gasteiger charge is -2.31. The summed E-state index contributed by atoms with van der Waals surface area (Å²) in [6.07, 6.45) is 1.98. The van der Waals surface area contributed by atoms with E-state index in [0.29, 0.717) is 6.04 Å². The lowest BCUT2D eigenvalue weighted by molar-refractivity contribution is -0.135. The monoisotopic (exact) mass is 172 g/mol. The number of carbonyl (C=O) groups excluding carboxylic acids is 1. The Kier molecular flexibility index (Phi) is 3.49. The summed E-state index contributed by atoms with van der Waals surface area (Å²) in [6.45, 7) is 1.56. The number of hydrogen-bond donors (Lipinski definition) is 2. The fourth-order valence-electron chi connectivity index (χ4n) is 1.51. The van der Waals surface area contributed by atoms with Crippen LogP contribution in [-0.4, -0.2) is 48.7 Å². The molecule has 0 spiro atoms. The van der Waals surface area contributed by atoms with Crippen LogP contribution in [0, 0.1) is 0 Å². The summed E-state index contributed by atoms with van der Waals surface area (Å²) in [4.78, 5) is 12.7. The van der Waals surface area contributed by atoms with Gasteiger partial charge in [-0.25, -0.2) is 0 Å². The molecule has 0 bridgehead atoms. The minimum atomic E-state index is -0.375. The Morgan fingerprint density at radius 1 is 1.58 bits per heavy atom. The number of nitrogens with one attached hydrogen (secondary N) is 1. The van der Waals surface area contributed by atoms with E-state index >= 15 is 0 Å². The first-order chi connectivity index (χ1) is 5.75. The topological polar surface area (TPSA) is 52.6 Å². The highest BCUT2D eigenvalue weighted by Crippen LogP contribution is 2.09. The van der Waals surface area contributed by atoms with Crippen LogP contribution in [0.5, 0.6) is 0 Å². The van der Waals surface area contributed by atoms with Crippen molar-refractivity contribution in [2.45, 2.75) is 18.9 Å². The molecule has 4 heteroatoms. The molecule has 0 radical (unpaired) electrons. The van der Waals surface area contributed by atoms with Gasteiger partial charge < -0.3 is 15.3 Å². The smallest absolute Gasteiger partial charge is 0.248 e. The number of aliphatic hydroxyl groups excluding tert-OH is 1. The van der Waals surface area contributed by atoms with E-state index in [1.165, 1.54) is 0 Å². The number of aliphatic hydroxyl groups is 1. The van der Waals surface area contributed by atoms with Crippen LogP contribution in [0.1, 0.15) is 12.8 Å². The van der Waals surface area contributed by atoms with Crippen LogP contribution in [0.4, 0.5) is 0 Å². The van der Waals surface area contributed by atoms with Crippen molar-refractivity contribution < 1.29 is 9.90 Å². The second-order valence-corrected chi connectivity index (χ2v) is 3.14. The molecule has 4 nitrogen and oxygen atoms in total. The van der Waals surface area contributed by atoms with Gasteiger partial charge in [0, 0.05) is 13.1 Å². The average Bonchev–Trinajstić information content (AvgIpc) is 2.17. The molecule has 0 aromatic carbocycles. The van der Waals surface area contributed by atoms with Crippen molar-refractivity contribution >= 4 is 5.91 Å². The molecule has 0 aromatic rings. The number of likely N-dealkylation sites (N-methyl/N-ethyl adjacent to an activating group) is 1. The zero-order valence-electron chi connectivity index (χ0n) is 7.42. The zero-order valence-corrected chi connectivity index (χ0v) is 7.42. The van der Waals surface area contributed by atoms with E-state index in [1.807, 2.05) is 0 Å². The quantitative estimate of drug-likeness (QED) is 0.573. The Bertz CT molecular complexity index is 155. The highest BCUT2D eigenvalue weighted by atomic mass is 16.3. The Morgan fingerprint density at radius 3 is 2.67 bits per heavy atom. The highest BCUT2D eigenvalue weighted by Gasteiger charge is 2.20. The van der Waals surface area contributed by atoms with Crippen LogP contribution < -0.4 is 5.32 Å². The first-order valence-corrected chi connectivity index (χ1v) is 4.33. The molecule has 0 saturated carbocycles. The van der Waals surface area contributed by atoms with Gasteiger partial charge in [0.2, 0.25) is 5.91 Å². The third kappa shape index (κ3) is 2.19. The predicted molar refractivity (Wildman–Crippen MR) is 45.7 cm³/mol. The summed E-state index contributed by atoms with van der Waals surface area (Å²) in [5, 5.41) is 11.9. The molecule has 1 saturated heterocycles. The lowest BCUT2D eigenvalue weighted by Crippen LogP contribution is -2.44. The van der Waals surface area contributed by atoms with E-state index in [4.69, 9.17) is 5.11 Å². The van der Waals surface area contributed by atoms with E-state index in [0.717, 1.165) is 25.9 Å². The van der Waals surface area contributed by atoms with Gasteiger partial charge in [-0.3, -0.25) is 4.79 Å². The van der Waals surface area contributed by atoms with Gasteiger partial charge >= 0.3 is 0 Å². The van der Waals surface area contributed by atoms with E-state index in [9.17, 15) is 4.79 Å². The fourth-order valence-corrected chi connectivity index (χ4v) is 1.51. The first kappa shape index (κ1) is 9.48. The van der Waals surface area contributed by atoms with Crippen molar-refractivity contribution in [3.63, 3.8) is 0 Å². The molecule has 2 N–H and O–H groups in total. The maximum absolute atomic E-state index is 11.1. The SMILES string of the molecule is CN(C(=O)CO)C1CCNCC1. The van der Waals surface area contributed by atoms with Gasteiger partial charge in [-0.2, -0.15) is 0 Å². The summed E-state index contributed by atoms with van der Waals surface area (Å²) < 4.78 is 0. The third-order valence-electron chi connectivity index (χ3n) is 2.39. The Morgan fingerprint density at radius 2 is 2.17 bits per heavy atom. The summed E-state index contributed by atoms with van der Waals surface area (Å²) in [5.74, 6) is -0.179. The van der Waals surface area contributed by atoms with Crippen molar-refractivity contribution in [3.05, 3.63) is 0 Å². The van der Waals surface area contributed by atoms with E-state index in [2.05, 4.69) is 5.32 Å². The first-order valence-electron chi connectivity index (χ1n) is 4.33. The molecule has 12 heavy (non-hydrogen) atoms. The van der Waals surface area contributed by atoms with Crippen molar-refractivity contribution in [1.82, 2.24) is 10.2 Å². The number of rotatable bonds is 2. The maximum Gasteiger partial charge on any atom is 0.248 e. The van der Waals surface area contributed by atoms with Crippen LogP contribution in [0.25, 0.3) is 0 Å². The Hall–Kier alpha value is -0.610. The molecule has 0 unspecified atom stereocenters. The van der Waals surface area contributed by atoms with Gasteiger partial charge in [-0.05, 0) is 25.9 Å². The molecular weight excluding hydrogens is 156 g/mol. The van der Waals surface area contributed by atoms with Crippen molar-refractivity contribution in [2.75, 3.05) is 26.7 Å². The van der Waals surface area contributed by atoms with Gasteiger partial charge in [0.1, 0.15) is 6.61 Å². The van der Waals surface area contributed by atoms with Gasteiger partial charge in [0.15, 0.2) is 0 Å². The van der Waals surface area contributed by atoms with Crippen LogP contribution in [0.15, 0.2) is 0 Å². The van der Waals surface area contributed by atoms with Crippen molar-refractivity contribution in [2.24, 2.45) is 0 Å². The standard InChI is InChI=1S/C8H16N2O2/c1-10(8(12)6-11)7-2-4-9-5-3-7/h7,9,11H,2-6H2,1H3. The third-order valence-corrected chi connectivity index (χ3v) is 2.39. The summed E-state index contributed by atoms with van der Waals surface area (Å²) in [5.41, 5.74) is 0. The number of carbonyl (C=O) groups is 1. The molecule has 0 aliphatic carbocycles. The van der Waals surface area contributed by atoms with Gasteiger partial charge in [0.05, 0.1) is 0 Å². The molecule has 1 fully saturated rings.